The van der Waals surface area contributed by atoms with Crippen molar-refractivity contribution in [3.05, 3.63) is 58.7 Å². The third-order valence-electron chi connectivity index (χ3n) is 2.98. The number of hydrogen-bond acceptors (Lipinski definition) is 1. The molecular weight excluding hydrogens is 233 g/mol. The van der Waals surface area contributed by atoms with Crippen molar-refractivity contribution in [2.24, 2.45) is 0 Å². The Kier molecular flexibility index (Phi) is 3.19. The number of aromatic nitrogens is 1. The lowest BCUT2D eigenvalue weighted by Crippen LogP contribution is -2.12. The zero-order chi connectivity index (χ0) is 13.3. The molecule has 0 unspecified atom stereocenters. The number of carbonyl (C=O) groups is 1. The van der Waals surface area contributed by atoms with Gasteiger partial charge >= 0.3 is 5.97 Å². The maximum Gasteiger partial charge on any atom is 0.352 e. The topological polar surface area (TPSA) is 42.2 Å². The number of nitrogens with zero attached hydrogens (tertiary/aromatic N) is 1. The van der Waals surface area contributed by atoms with Crippen LogP contribution in [0.2, 0.25) is 0 Å². The molecule has 1 aromatic heterocycles. The highest BCUT2D eigenvalue weighted by Gasteiger charge is 2.17. The summed E-state index contributed by atoms with van der Waals surface area (Å²) in [6, 6.07) is 8.19. The molecule has 0 amide bonds. The number of aryl methyl sites for hydroxylation is 2. The third kappa shape index (κ3) is 2.14. The molecule has 0 bridgehead atoms. The van der Waals surface area contributed by atoms with Gasteiger partial charge in [-0.15, -0.1) is 0 Å². The van der Waals surface area contributed by atoms with Gasteiger partial charge in [0, 0.05) is 11.3 Å². The maximum absolute atomic E-state index is 13.6. The highest BCUT2D eigenvalue weighted by atomic mass is 19.1. The first kappa shape index (κ1) is 12.4. The van der Waals surface area contributed by atoms with E-state index in [4.69, 9.17) is 0 Å². The third-order valence-corrected chi connectivity index (χ3v) is 2.98. The average Bonchev–Trinajstić information content (AvgIpc) is 2.57. The quantitative estimate of drug-likeness (QED) is 0.906. The van der Waals surface area contributed by atoms with Crippen LogP contribution in [0.5, 0.6) is 0 Å². The van der Waals surface area contributed by atoms with Crippen LogP contribution in [0.3, 0.4) is 0 Å². The summed E-state index contributed by atoms with van der Waals surface area (Å²) in [5, 5.41) is 9.19. The molecule has 0 aliphatic rings. The Labute approximate surface area is 104 Å². The van der Waals surface area contributed by atoms with Crippen LogP contribution in [-0.4, -0.2) is 15.6 Å². The van der Waals surface area contributed by atoms with Crippen molar-refractivity contribution in [3.63, 3.8) is 0 Å². The van der Waals surface area contributed by atoms with E-state index >= 15 is 0 Å². The van der Waals surface area contributed by atoms with Gasteiger partial charge in [0.25, 0.3) is 0 Å². The lowest BCUT2D eigenvalue weighted by molar-refractivity contribution is 0.0684. The van der Waals surface area contributed by atoms with E-state index in [1.165, 1.54) is 6.07 Å². The van der Waals surface area contributed by atoms with Gasteiger partial charge in [0.15, 0.2) is 0 Å². The van der Waals surface area contributed by atoms with Gasteiger partial charge in [-0.25, -0.2) is 9.18 Å². The predicted octanol–water partition coefficient (Wildman–Crippen LogP) is 2.99. The molecule has 0 aliphatic carbocycles. The summed E-state index contributed by atoms with van der Waals surface area (Å²) in [5.74, 6) is -1.31. The van der Waals surface area contributed by atoms with Crippen molar-refractivity contribution in [2.45, 2.75) is 20.4 Å². The van der Waals surface area contributed by atoms with Crippen molar-refractivity contribution in [2.75, 3.05) is 0 Å². The van der Waals surface area contributed by atoms with Crippen molar-refractivity contribution in [1.29, 1.82) is 0 Å². The minimum Gasteiger partial charge on any atom is -0.477 e. The number of halogens is 1. The van der Waals surface area contributed by atoms with E-state index in [9.17, 15) is 14.3 Å². The Morgan fingerprint density at radius 2 is 2.00 bits per heavy atom. The lowest BCUT2D eigenvalue weighted by atomic mass is 10.2. The van der Waals surface area contributed by atoms with E-state index in [-0.39, 0.29) is 18.1 Å². The summed E-state index contributed by atoms with van der Waals surface area (Å²) < 4.78 is 15.2. The molecule has 0 spiro atoms. The number of aromatic carboxylic acids is 1. The molecule has 0 aliphatic heterocycles. The zero-order valence-electron chi connectivity index (χ0n) is 10.3. The molecule has 1 N–H and O–H groups in total. The molecule has 0 saturated carbocycles. The fourth-order valence-electron chi connectivity index (χ4n) is 2.13. The Morgan fingerprint density at radius 1 is 1.33 bits per heavy atom. The molecule has 1 heterocycles. The maximum atomic E-state index is 13.6. The second-order valence-electron chi connectivity index (χ2n) is 4.30. The summed E-state index contributed by atoms with van der Waals surface area (Å²) in [6.45, 7) is 3.79. The van der Waals surface area contributed by atoms with E-state index in [1.54, 1.807) is 35.8 Å². The number of carboxylic acids is 1. The second-order valence-corrected chi connectivity index (χ2v) is 4.30. The van der Waals surface area contributed by atoms with Gasteiger partial charge < -0.3 is 9.67 Å². The van der Waals surface area contributed by atoms with Gasteiger partial charge in [0.05, 0.1) is 6.54 Å². The normalized spacial score (nSPS) is 10.6. The fraction of sp³-hybridized carbons (Fsp3) is 0.214. The Hall–Kier alpha value is -2.10. The van der Waals surface area contributed by atoms with Crippen LogP contribution in [0.1, 0.15) is 27.3 Å². The Bertz CT molecular complexity index is 602. The van der Waals surface area contributed by atoms with Crippen LogP contribution in [0.4, 0.5) is 4.39 Å². The molecule has 0 atom stereocenters. The first-order valence-electron chi connectivity index (χ1n) is 5.64. The SMILES string of the molecule is Cc1cc(C)n(Cc2ccccc2F)c1C(=O)O. The minimum atomic E-state index is -0.989. The first-order chi connectivity index (χ1) is 8.50. The zero-order valence-corrected chi connectivity index (χ0v) is 10.3. The molecule has 2 rings (SSSR count). The van der Waals surface area contributed by atoms with E-state index in [1.807, 2.05) is 6.92 Å². The molecule has 0 radical (unpaired) electrons. The number of rotatable bonds is 3. The Balaban J connectivity index is 2.47. The van der Waals surface area contributed by atoms with Crippen molar-refractivity contribution in [3.8, 4) is 0 Å². The molecule has 0 saturated heterocycles. The molecule has 3 nitrogen and oxygen atoms in total. The highest BCUT2D eigenvalue weighted by molar-refractivity contribution is 5.88. The summed E-state index contributed by atoms with van der Waals surface area (Å²) in [5.41, 5.74) is 2.21. The summed E-state index contributed by atoms with van der Waals surface area (Å²) in [6.07, 6.45) is 0. The van der Waals surface area contributed by atoms with Crippen molar-refractivity contribution in [1.82, 2.24) is 4.57 Å². The fourth-order valence-corrected chi connectivity index (χ4v) is 2.13. The van der Waals surface area contributed by atoms with E-state index in [2.05, 4.69) is 0 Å². The minimum absolute atomic E-state index is 0.218. The van der Waals surface area contributed by atoms with Gasteiger partial charge in [-0.1, -0.05) is 18.2 Å². The largest absolute Gasteiger partial charge is 0.477 e. The smallest absolute Gasteiger partial charge is 0.352 e. The standard InChI is InChI=1S/C14H14FNO2/c1-9-7-10(2)16(13(9)14(17)18)8-11-5-3-4-6-12(11)15/h3-7H,8H2,1-2H3,(H,17,18). The van der Waals surface area contributed by atoms with Crippen LogP contribution in [0, 0.1) is 19.7 Å². The predicted molar refractivity (Wildman–Crippen MR) is 66.4 cm³/mol. The molecule has 4 heteroatoms. The molecule has 0 fully saturated rings. The number of benzene rings is 1. The van der Waals surface area contributed by atoms with Crippen LogP contribution in [0.15, 0.2) is 30.3 Å². The summed E-state index contributed by atoms with van der Waals surface area (Å²) in [7, 11) is 0. The summed E-state index contributed by atoms with van der Waals surface area (Å²) >= 11 is 0. The van der Waals surface area contributed by atoms with Gasteiger partial charge in [0.2, 0.25) is 0 Å². The monoisotopic (exact) mass is 247 g/mol. The van der Waals surface area contributed by atoms with Crippen molar-refractivity contribution < 1.29 is 14.3 Å². The van der Waals surface area contributed by atoms with Crippen LogP contribution in [-0.2, 0) is 6.54 Å². The van der Waals surface area contributed by atoms with Gasteiger partial charge in [-0.2, -0.15) is 0 Å². The molecular formula is C14H14FNO2. The van der Waals surface area contributed by atoms with Gasteiger partial charge in [-0.05, 0) is 31.5 Å². The van der Waals surface area contributed by atoms with Crippen molar-refractivity contribution >= 4 is 5.97 Å². The van der Waals surface area contributed by atoms with E-state index in [0.717, 1.165) is 5.69 Å². The van der Waals surface area contributed by atoms with Crippen LogP contribution >= 0.6 is 0 Å². The molecule has 2 aromatic rings. The molecule has 94 valence electrons. The van der Waals surface area contributed by atoms with E-state index < -0.39 is 5.97 Å². The highest BCUT2D eigenvalue weighted by Crippen LogP contribution is 2.18. The number of carboxylic acid groups (broad SMARTS) is 1. The van der Waals surface area contributed by atoms with Crippen LogP contribution in [0.25, 0.3) is 0 Å². The molecule has 1 aromatic carbocycles. The van der Waals surface area contributed by atoms with Gasteiger partial charge in [-0.3, -0.25) is 0 Å². The molecule has 18 heavy (non-hydrogen) atoms. The van der Waals surface area contributed by atoms with E-state index in [0.29, 0.717) is 11.1 Å². The second kappa shape index (κ2) is 4.64. The number of hydrogen-bond donors (Lipinski definition) is 1. The summed E-state index contributed by atoms with van der Waals surface area (Å²) in [4.78, 5) is 11.2. The average molecular weight is 247 g/mol. The van der Waals surface area contributed by atoms with Crippen LogP contribution < -0.4 is 0 Å². The van der Waals surface area contributed by atoms with Gasteiger partial charge in [0.1, 0.15) is 11.5 Å². The lowest BCUT2D eigenvalue weighted by Gasteiger charge is -2.10. The Morgan fingerprint density at radius 3 is 2.61 bits per heavy atom. The first-order valence-corrected chi connectivity index (χ1v) is 5.64.